The molecule has 1 saturated heterocycles. The molecule has 0 unspecified atom stereocenters. The van der Waals surface area contributed by atoms with E-state index < -0.39 is 29.2 Å². The fraction of sp³-hybridized carbons (Fsp3) is 0.600. The maximum Gasteiger partial charge on any atom is 0.330 e. The lowest BCUT2D eigenvalue weighted by atomic mass is 9.89. The molecule has 1 aliphatic rings. The lowest BCUT2D eigenvalue weighted by Gasteiger charge is -2.34. The maximum atomic E-state index is 11.9. The molecule has 0 radical (unpaired) electrons. The number of nitrogens with one attached hydrogen (secondary N) is 1. The maximum absolute atomic E-state index is 11.9. The number of urea groups is 1. The number of barbiturate groups is 1. The zero-order chi connectivity index (χ0) is 13.2. The monoisotopic (exact) mass is 241 g/mol. The number of nitrogens with zero attached hydrogens (tertiary/aromatic N) is 1. The molecule has 0 bridgehead atoms. The van der Waals surface area contributed by atoms with Crippen molar-refractivity contribution in [2.45, 2.75) is 26.7 Å². The molecule has 1 heterocycles. The molecule has 1 aliphatic heterocycles. The fourth-order valence-corrected chi connectivity index (χ4v) is 1.46. The number of hydrogen-bond donors (Lipinski definition) is 2. The third-order valence-electron chi connectivity index (χ3n) is 2.62. The van der Waals surface area contributed by atoms with Gasteiger partial charge in [-0.1, -0.05) is 0 Å². The average Bonchev–Trinajstić information content (AvgIpc) is 2.20. The van der Waals surface area contributed by atoms with E-state index in [1.807, 2.05) is 0 Å². The predicted octanol–water partition coefficient (Wildman–Crippen LogP) is -0.643. The minimum absolute atomic E-state index is 0.0737. The first-order valence-corrected chi connectivity index (χ1v) is 5.22. The SMILES string of the molecule is CC1(C)C(=O)NC(=O)N(CCCC(N)=O)C1=O. The van der Waals surface area contributed by atoms with Crippen molar-refractivity contribution < 1.29 is 19.2 Å². The van der Waals surface area contributed by atoms with Crippen molar-refractivity contribution >= 4 is 23.8 Å². The number of amides is 5. The molecule has 0 spiro atoms. The van der Waals surface area contributed by atoms with Gasteiger partial charge in [0, 0.05) is 13.0 Å². The molecular formula is C10H15N3O4. The van der Waals surface area contributed by atoms with Crippen LogP contribution in [0.5, 0.6) is 0 Å². The number of imide groups is 2. The molecule has 0 aromatic rings. The van der Waals surface area contributed by atoms with Crippen LogP contribution in [0.3, 0.4) is 0 Å². The molecule has 0 aliphatic carbocycles. The molecule has 1 rings (SSSR count). The quantitative estimate of drug-likeness (QED) is 0.637. The molecule has 3 N–H and O–H groups in total. The van der Waals surface area contributed by atoms with E-state index in [4.69, 9.17) is 5.73 Å². The van der Waals surface area contributed by atoms with Gasteiger partial charge in [0.2, 0.25) is 17.7 Å². The van der Waals surface area contributed by atoms with E-state index in [0.29, 0.717) is 6.42 Å². The Labute approximate surface area is 98.3 Å². The minimum Gasteiger partial charge on any atom is -0.370 e. The summed E-state index contributed by atoms with van der Waals surface area (Å²) in [6, 6.07) is -0.746. The van der Waals surface area contributed by atoms with Crippen LogP contribution in [0, 0.1) is 5.41 Å². The van der Waals surface area contributed by atoms with E-state index in [0.717, 1.165) is 4.90 Å². The van der Waals surface area contributed by atoms with Crippen LogP contribution < -0.4 is 11.1 Å². The van der Waals surface area contributed by atoms with Gasteiger partial charge in [-0.2, -0.15) is 0 Å². The van der Waals surface area contributed by atoms with Crippen LogP contribution in [0.4, 0.5) is 4.79 Å². The summed E-state index contributed by atoms with van der Waals surface area (Å²) >= 11 is 0. The van der Waals surface area contributed by atoms with Crippen LogP contribution in [0.25, 0.3) is 0 Å². The van der Waals surface area contributed by atoms with Crippen molar-refractivity contribution in [3.05, 3.63) is 0 Å². The Kier molecular flexibility index (Phi) is 3.50. The van der Waals surface area contributed by atoms with Gasteiger partial charge in [-0.3, -0.25) is 24.6 Å². The van der Waals surface area contributed by atoms with E-state index in [9.17, 15) is 19.2 Å². The number of rotatable bonds is 4. The molecule has 17 heavy (non-hydrogen) atoms. The van der Waals surface area contributed by atoms with Gasteiger partial charge >= 0.3 is 6.03 Å². The highest BCUT2D eigenvalue weighted by atomic mass is 16.2. The van der Waals surface area contributed by atoms with Gasteiger partial charge in [-0.25, -0.2) is 4.79 Å². The number of nitrogens with two attached hydrogens (primary N) is 1. The van der Waals surface area contributed by atoms with Crippen LogP contribution >= 0.6 is 0 Å². The second kappa shape index (κ2) is 4.52. The summed E-state index contributed by atoms with van der Waals surface area (Å²) < 4.78 is 0. The van der Waals surface area contributed by atoms with Crippen molar-refractivity contribution in [1.29, 1.82) is 0 Å². The van der Waals surface area contributed by atoms with E-state index in [1.165, 1.54) is 13.8 Å². The van der Waals surface area contributed by atoms with Crippen molar-refractivity contribution in [2.24, 2.45) is 11.1 Å². The van der Waals surface area contributed by atoms with Gasteiger partial charge in [0.25, 0.3) is 0 Å². The van der Waals surface area contributed by atoms with Crippen LogP contribution in [0.15, 0.2) is 0 Å². The second-order valence-electron chi connectivity index (χ2n) is 4.41. The molecule has 0 saturated carbocycles. The van der Waals surface area contributed by atoms with Gasteiger partial charge in [0.15, 0.2) is 0 Å². The summed E-state index contributed by atoms with van der Waals surface area (Å²) in [5, 5.41) is 2.10. The standard InChI is InChI=1S/C10H15N3O4/c1-10(2)7(15)12-9(17)13(8(10)16)5-3-4-6(11)14/h3-5H2,1-2H3,(H2,11,14)(H,12,15,17). The summed E-state index contributed by atoms with van der Waals surface area (Å²) in [6.45, 7) is 2.96. The third kappa shape index (κ3) is 2.61. The Balaban J connectivity index is 2.71. The van der Waals surface area contributed by atoms with E-state index in [2.05, 4.69) is 5.32 Å². The normalized spacial score (nSPS) is 19.2. The average molecular weight is 241 g/mol. The lowest BCUT2D eigenvalue weighted by molar-refractivity contribution is -0.149. The summed E-state index contributed by atoms with van der Waals surface area (Å²) in [7, 11) is 0. The van der Waals surface area contributed by atoms with Crippen molar-refractivity contribution in [1.82, 2.24) is 10.2 Å². The van der Waals surface area contributed by atoms with Crippen LogP contribution in [-0.2, 0) is 14.4 Å². The van der Waals surface area contributed by atoms with Crippen molar-refractivity contribution in [3.8, 4) is 0 Å². The molecular weight excluding hydrogens is 226 g/mol. The molecule has 0 aromatic heterocycles. The van der Waals surface area contributed by atoms with Crippen molar-refractivity contribution in [3.63, 3.8) is 0 Å². The first kappa shape index (κ1) is 13.1. The molecule has 0 aromatic carbocycles. The largest absolute Gasteiger partial charge is 0.370 e. The molecule has 7 nitrogen and oxygen atoms in total. The van der Waals surface area contributed by atoms with Gasteiger partial charge < -0.3 is 5.73 Å². The van der Waals surface area contributed by atoms with E-state index in [-0.39, 0.29) is 13.0 Å². The third-order valence-corrected chi connectivity index (χ3v) is 2.62. The number of carbonyl (C=O) groups excluding carboxylic acids is 4. The molecule has 1 fully saturated rings. The minimum atomic E-state index is -1.26. The van der Waals surface area contributed by atoms with Gasteiger partial charge in [-0.05, 0) is 20.3 Å². The Bertz CT molecular complexity index is 389. The van der Waals surface area contributed by atoms with Gasteiger partial charge in [0.1, 0.15) is 5.41 Å². The number of hydrogen-bond acceptors (Lipinski definition) is 4. The first-order valence-electron chi connectivity index (χ1n) is 5.22. The zero-order valence-corrected chi connectivity index (χ0v) is 9.78. The molecule has 7 heteroatoms. The second-order valence-corrected chi connectivity index (χ2v) is 4.41. The topological polar surface area (TPSA) is 110 Å². The smallest absolute Gasteiger partial charge is 0.330 e. The van der Waals surface area contributed by atoms with Gasteiger partial charge in [0.05, 0.1) is 0 Å². The van der Waals surface area contributed by atoms with Gasteiger partial charge in [-0.15, -0.1) is 0 Å². The van der Waals surface area contributed by atoms with E-state index >= 15 is 0 Å². The summed E-state index contributed by atoms with van der Waals surface area (Å²) in [5.41, 5.74) is 3.69. The zero-order valence-electron chi connectivity index (χ0n) is 9.78. The van der Waals surface area contributed by atoms with E-state index in [1.54, 1.807) is 0 Å². The van der Waals surface area contributed by atoms with Crippen LogP contribution in [-0.4, -0.2) is 35.2 Å². The molecule has 0 atom stereocenters. The summed E-state index contributed by atoms with van der Waals surface area (Å²) in [4.78, 5) is 46.2. The predicted molar refractivity (Wildman–Crippen MR) is 57.5 cm³/mol. The highest BCUT2D eigenvalue weighted by molar-refractivity contribution is 6.18. The number of primary amides is 1. The Morgan fingerprint density at radius 2 is 1.94 bits per heavy atom. The summed E-state index contributed by atoms with van der Waals surface area (Å²) in [6.07, 6.45) is 0.379. The fourth-order valence-electron chi connectivity index (χ4n) is 1.46. The first-order chi connectivity index (χ1) is 7.76. The Hall–Kier alpha value is -1.92. The summed E-state index contributed by atoms with van der Waals surface area (Å²) in [5.74, 6) is -1.67. The Morgan fingerprint density at radius 3 is 2.47 bits per heavy atom. The van der Waals surface area contributed by atoms with Crippen LogP contribution in [0.1, 0.15) is 26.7 Å². The highest BCUT2D eigenvalue weighted by Gasteiger charge is 2.46. The lowest BCUT2D eigenvalue weighted by Crippen LogP contribution is -2.61. The Morgan fingerprint density at radius 1 is 1.35 bits per heavy atom. The van der Waals surface area contributed by atoms with Crippen LogP contribution in [0.2, 0.25) is 0 Å². The highest BCUT2D eigenvalue weighted by Crippen LogP contribution is 2.23. The molecule has 94 valence electrons. The number of carbonyl (C=O) groups is 4. The molecule has 5 amide bonds. The van der Waals surface area contributed by atoms with Crippen molar-refractivity contribution in [2.75, 3.05) is 6.54 Å².